The predicted octanol–water partition coefficient (Wildman–Crippen LogP) is 2.64. The molecule has 132 valence electrons. The molecule has 1 aromatic carbocycles. The first-order valence-electron chi connectivity index (χ1n) is 8.28. The number of amides is 1. The topological polar surface area (TPSA) is 66.5 Å². The Hall–Kier alpha value is -1.66. The number of carbonyl (C=O) groups is 1. The van der Waals surface area contributed by atoms with Crippen LogP contribution in [0.15, 0.2) is 29.7 Å². The molecule has 1 heterocycles. The van der Waals surface area contributed by atoms with Gasteiger partial charge in [0.25, 0.3) is 5.91 Å². The van der Waals surface area contributed by atoms with Crippen molar-refractivity contribution in [2.75, 3.05) is 19.6 Å². The summed E-state index contributed by atoms with van der Waals surface area (Å²) in [6, 6.07) is 3.22. The van der Waals surface area contributed by atoms with Crippen LogP contribution in [0.25, 0.3) is 0 Å². The summed E-state index contributed by atoms with van der Waals surface area (Å²) in [6.45, 7) is 10.7. The summed E-state index contributed by atoms with van der Waals surface area (Å²) in [5.74, 6) is 0.261. The summed E-state index contributed by atoms with van der Waals surface area (Å²) in [6.07, 6.45) is 3.33. The van der Waals surface area contributed by atoms with Gasteiger partial charge in [0.1, 0.15) is 0 Å². The third-order valence-corrected chi connectivity index (χ3v) is 6.67. The van der Waals surface area contributed by atoms with Crippen LogP contribution in [0, 0.1) is 19.8 Å². The first-order chi connectivity index (χ1) is 11.3. The Morgan fingerprint density at radius 3 is 2.54 bits per heavy atom. The highest BCUT2D eigenvalue weighted by Gasteiger charge is 2.30. The summed E-state index contributed by atoms with van der Waals surface area (Å²) >= 11 is 0. The molecule has 1 fully saturated rings. The van der Waals surface area contributed by atoms with Crippen molar-refractivity contribution in [1.82, 2.24) is 9.62 Å². The third-order valence-electron chi connectivity index (χ3n) is 4.65. The lowest BCUT2D eigenvalue weighted by molar-refractivity contribution is 0.0957. The molecule has 0 aliphatic carbocycles. The zero-order chi connectivity index (χ0) is 17.9. The largest absolute Gasteiger partial charge is 0.349 e. The van der Waals surface area contributed by atoms with Gasteiger partial charge in [0, 0.05) is 25.2 Å². The lowest BCUT2D eigenvalue weighted by Gasteiger charge is -2.30. The predicted molar refractivity (Wildman–Crippen MR) is 95.6 cm³/mol. The van der Waals surface area contributed by atoms with Crippen molar-refractivity contribution in [1.29, 1.82) is 0 Å². The summed E-state index contributed by atoms with van der Waals surface area (Å²) in [7, 11) is -3.58. The molecule has 24 heavy (non-hydrogen) atoms. The quantitative estimate of drug-likeness (QED) is 0.830. The van der Waals surface area contributed by atoms with E-state index < -0.39 is 10.0 Å². The third kappa shape index (κ3) is 3.87. The molecule has 0 saturated carbocycles. The smallest absolute Gasteiger partial charge is 0.251 e. The second-order valence-electron chi connectivity index (χ2n) is 6.50. The number of piperidine rings is 1. The van der Waals surface area contributed by atoms with Crippen molar-refractivity contribution >= 4 is 15.9 Å². The van der Waals surface area contributed by atoms with Gasteiger partial charge in [0.2, 0.25) is 10.0 Å². The normalized spacial score (nSPS) is 16.8. The van der Waals surface area contributed by atoms with E-state index in [0.29, 0.717) is 36.7 Å². The molecule has 1 aliphatic rings. The van der Waals surface area contributed by atoms with E-state index in [2.05, 4.69) is 18.8 Å². The highest BCUT2D eigenvalue weighted by atomic mass is 32.2. The molecule has 1 saturated heterocycles. The zero-order valence-electron chi connectivity index (χ0n) is 14.6. The number of rotatable bonds is 5. The second kappa shape index (κ2) is 7.49. The van der Waals surface area contributed by atoms with Crippen molar-refractivity contribution in [3.63, 3.8) is 0 Å². The number of hydrogen-bond donors (Lipinski definition) is 1. The zero-order valence-corrected chi connectivity index (χ0v) is 15.4. The Bertz CT molecular complexity index is 733. The number of carbonyl (C=O) groups excluding carboxylic acids is 1. The van der Waals surface area contributed by atoms with Crippen LogP contribution in [-0.2, 0) is 10.0 Å². The van der Waals surface area contributed by atoms with E-state index >= 15 is 0 Å². The minimum Gasteiger partial charge on any atom is -0.349 e. The molecule has 0 atom stereocenters. The number of aryl methyl sites for hydroxylation is 1. The molecule has 1 N–H and O–H groups in total. The summed E-state index contributed by atoms with van der Waals surface area (Å²) < 4.78 is 27.6. The molecule has 0 radical (unpaired) electrons. The van der Waals surface area contributed by atoms with Crippen LogP contribution in [0.1, 0.15) is 41.3 Å². The molecule has 2 rings (SSSR count). The van der Waals surface area contributed by atoms with Gasteiger partial charge in [-0.1, -0.05) is 13.0 Å². The Morgan fingerprint density at radius 1 is 1.33 bits per heavy atom. The van der Waals surface area contributed by atoms with Gasteiger partial charge < -0.3 is 5.32 Å². The van der Waals surface area contributed by atoms with Crippen molar-refractivity contribution in [2.24, 2.45) is 5.92 Å². The number of sulfonamides is 1. The van der Waals surface area contributed by atoms with E-state index in [9.17, 15) is 13.2 Å². The molecular formula is C18H26N2O3S. The molecule has 0 spiro atoms. The van der Waals surface area contributed by atoms with Gasteiger partial charge in [-0.2, -0.15) is 4.31 Å². The standard InChI is InChI=1S/C18H26N2O3S/c1-5-8-19-18(21)16-11-14(3)15(4)17(12-16)24(22,23)20-9-6-13(2)7-10-20/h5,11-13H,1,6-10H2,2-4H3,(H,19,21). The van der Waals surface area contributed by atoms with Crippen molar-refractivity contribution < 1.29 is 13.2 Å². The fraction of sp³-hybridized carbons (Fsp3) is 0.500. The van der Waals surface area contributed by atoms with E-state index in [1.54, 1.807) is 23.4 Å². The van der Waals surface area contributed by atoms with E-state index in [-0.39, 0.29) is 10.8 Å². The molecule has 6 heteroatoms. The van der Waals surface area contributed by atoms with E-state index in [1.807, 2.05) is 6.92 Å². The second-order valence-corrected chi connectivity index (χ2v) is 8.41. The molecule has 1 aliphatic heterocycles. The molecule has 1 aromatic rings. The van der Waals surface area contributed by atoms with Gasteiger partial charge in [-0.05, 0) is 55.9 Å². The number of nitrogens with one attached hydrogen (secondary N) is 1. The molecule has 1 amide bonds. The van der Waals surface area contributed by atoms with Crippen LogP contribution in [0.3, 0.4) is 0 Å². The first-order valence-corrected chi connectivity index (χ1v) is 9.72. The summed E-state index contributed by atoms with van der Waals surface area (Å²) in [5, 5.41) is 2.69. The summed E-state index contributed by atoms with van der Waals surface area (Å²) in [5.41, 5.74) is 1.86. The number of nitrogens with zero attached hydrogens (tertiary/aromatic N) is 1. The van der Waals surface area contributed by atoms with Gasteiger partial charge in [0.05, 0.1) is 4.90 Å². The SMILES string of the molecule is C=CCNC(=O)c1cc(C)c(C)c(S(=O)(=O)N2CCC(C)CC2)c1. The highest BCUT2D eigenvalue weighted by Crippen LogP contribution is 2.27. The number of hydrogen-bond acceptors (Lipinski definition) is 3. The first kappa shape index (κ1) is 18.7. The van der Waals surface area contributed by atoms with Crippen LogP contribution >= 0.6 is 0 Å². The van der Waals surface area contributed by atoms with Crippen molar-refractivity contribution in [2.45, 2.75) is 38.5 Å². The van der Waals surface area contributed by atoms with Crippen LogP contribution < -0.4 is 5.32 Å². The van der Waals surface area contributed by atoms with Crippen LogP contribution in [0.2, 0.25) is 0 Å². The summed E-state index contributed by atoms with van der Waals surface area (Å²) in [4.78, 5) is 12.4. The monoisotopic (exact) mass is 350 g/mol. The highest BCUT2D eigenvalue weighted by molar-refractivity contribution is 7.89. The van der Waals surface area contributed by atoms with Gasteiger partial charge in [-0.15, -0.1) is 6.58 Å². The maximum atomic E-state index is 13.0. The van der Waals surface area contributed by atoms with Crippen LogP contribution in [0.5, 0.6) is 0 Å². The molecule has 5 nitrogen and oxygen atoms in total. The lowest BCUT2D eigenvalue weighted by Crippen LogP contribution is -2.38. The minimum absolute atomic E-state index is 0.237. The average Bonchev–Trinajstić information content (AvgIpc) is 2.55. The minimum atomic E-state index is -3.58. The van der Waals surface area contributed by atoms with Gasteiger partial charge in [0.15, 0.2) is 0 Å². The van der Waals surface area contributed by atoms with Gasteiger partial charge >= 0.3 is 0 Å². The lowest BCUT2D eigenvalue weighted by atomic mass is 10.0. The maximum Gasteiger partial charge on any atom is 0.251 e. The van der Waals surface area contributed by atoms with Crippen molar-refractivity contribution in [3.05, 3.63) is 41.5 Å². The molecule has 0 unspecified atom stereocenters. The van der Waals surface area contributed by atoms with Crippen LogP contribution in [0.4, 0.5) is 0 Å². The molecule has 0 aromatic heterocycles. The fourth-order valence-electron chi connectivity index (χ4n) is 2.86. The van der Waals surface area contributed by atoms with Crippen molar-refractivity contribution in [3.8, 4) is 0 Å². The van der Waals surface area contributed by atoms with Crippen LogP contribution in [-0.4, -0.2) is 38.3 Å². The number of benzene rings is 1. The Kier molecular flexibility index (Phi) is 5.83. The van der Waals surface area contributed by atoms with E-state index in [0.717, 1.165) is 18.4 Å². The Morgan fingerprint density at radius 2 is 1.96 bits per heavy atom. The van der Waals surface area contributed by atoms with E-state index in [1.165, 1.54) is 6.07 Å². The Labute approximate surface area is 144 Å². The van der Waals surface area contributed by atoms with E-state index in [4.69, 9.17) is 0 Å². The maximum absolute atomic E-state index is 13.0. The van der Waals surface area contributed by atoms with Gasteiger partial charge in [-0.3, -0.25) is 4.79 Å². The molecular weight excluding hydrogens is 324 g/mol. The molecule has 0 bridgehead atoms. The average molecular weight is 350 g/mol. The Balaban J connectivity index is 2.39. The fourth-order valence-corrected chi connectivity index (χ4v) is 4.65. The van der Waals surface area contributed by atoms with Gasteiger partial charge in [-0.25, -0.2) is 8.42 Å².